The van der Waals surface area contributed by atoms with Crippen LogP contribution in [0.3, 0.4) is 0 Å². The zero-order chi connectivity index (χ0) is 11.9. The molecule has 0 aliphatic rings. The molecule has 0 bridgehead atoms. The fourth-order valence-electron chi connectivity index (χ4n) is 1.51. The van der Waals surface area contributed by atoms with Crippen LogP contribution in [-0.4, -0.2) is 40.0 Å². The Balaban J connectivity index is 2.83. The van der Waals surface area contributed by atoms with Gasteiger partial charge in [0.2, 0.25) is 0 Å². The average molecular weight is 231 g/mol. The Morgan fingerprint density at radius 3 is 2.31 bits per heavy atom. The Morgan fingerprint density at radius 2 is 1.56 bits per heavy atom. The van der Waals surface area contributed by atoms with Crippen LogP contribution < -0.4 is 5.32 Å². The molecule has 0 amide bonds. The molecular formula is C13H29NO2. The van der Waals surface area contributed by atoms with Gasteiger partial charge < -0.3 is 14.8 Å². The Labute approximate surface area is 101 Å². The number of ether oxygens (including phenoxy) is 2. The van der Waals surface area contributed by atoms with Crippen molar-refractivity contribution in [2.45, 2.75) is 45.4 Å². The highest BCUT2D eigenvalue weighted by atomic mass is 16.5. The van der Waals surface area contributed by atoms with Crippen LogP contribution in [0.25, 0.3) is 0 Å². The van der Waals surface area contributed by atoms with Gasteiger partial charge in [-0.05, 0) is 19.4 Å². The third-order valence-corrected chi connectivity index (χ3v) is 2.52. The van der Waals surface area contributed by atoms with E-state index in [0.29, 0.717) is 0 Å². The maximum atomic E-state index is 5.55. The van der Waals surface area contributed by atoms with E-state index >= 15 is 0 Å². The van der Waals surface area contributed by atoms with Gasteiger partial charge in [0.1, 0.15) is 0 Å². The molecule has 0 rings (SSSR count). The van der Waals surface area contributed by atoms with Crippen molar-refractivity contribution in [3.63, 3.8) is 0 Å². The van der Waals surface area contributed by atoms with Crippen molar-refractivity contribution in [3.05, 3.63) is 0 Å². The van der Waals surface area contributed by atoms with Gasteiger partial charge in [-0.25, -0.2) is 0 Å². The van der Waals surface area contributed by atoms with Crippen molar-refractivity contribution in [1.29, 1.82) is 0 Å². The third kappa shape index (κ3) is 13.9. The third-order valence-electron chi connectivity index (χ3n) is 2.52. The first-order valence-corrected chi connectivity index (χ1v) is 6.69. The van der Waals surface area contributed by atoms with E-state index in [0.717, 1.165) is 39.3 Å². The van der Waals surface area contributed by atoms with Crippen LogP contribution in [-0.2, 0) is 9.47 Å². The quantitative estimate of drug-likeness (QED) is 0.494. The van der Waals surface area contributed by atoms with Crippen LogP contribution in [0.4, 0.5) is 0 Å². The second-order valence-corrected chi connectivity index (χ2v) is 4.12. The van der Waals surface area contributed by atoms with E-state index in [1.807, 2.05) is 0 Å². The van der Waals surface area contributed by atoms with Crippen LogP contribution in [0.5, 0.6) is 0 Å². The van der Waals surface area contributed by atoms with Crippen LogP contribution in [0.2, 0.25) is 0 Å². The number of rotatable bonds is 13. The van der Waals surface area contributed by atoms with Crippen molar-refractivity contribution in [1.82, 2.24) is 5.32 Å². The van der Waals surface area contributed by atoms with Crippen molar-refractivity contribution in [2.24, 2.45) is 0 Å². The fraction of sp³-hybridized carbons (Fsp3) is 1.00. The van der Waals surface area contributed by atoms with Crippen molar-refractivity contribution >= 4 is 0 Å². The van der Waals surface area contributed by atoms with Crippen molar-refractivity contribution in [2.75, 3.05) is 40.0 Å². The maximum Gasteiger partial charge on any atom is 0.0587 e. The predicted molar refractivity (Wildman–Crippen MR) is 68.9 cm³/mol. The summed E-state index contributed by atoms with van der Waals surface area (Å²) in [6.45, 7) is 6.81. The molecule has 3 heteroatoms. The highest BCUT2D eigenvalue weighted by molar-refractivity contribution is 4.46. The highest BCUT2D eigenvalue weighted by Gasteiger charge is 1.91. The minimum atomic E-state index is 0.790. The van der Waals surface area contributed by atoms with Gasteiger partial charge in [0, 0.05) is 26.9 Å². The standard InChI is InChI=1S/C13H29NO2/c1-3-4-5-6-7-11-16-12-8-9-14-10-13-15-2/h14H,3-13H2,1-2H3. The van der Waals surface area contributed by atoms with E-state index in [4.69, 9.17) is 9.47 Å². The lowest BCUT2D eigenvalue weighted by Crippen LogP contribution is -2.21. The first kappa shape index (κ1) is 15.9. The summed E-state index contributed by atoms with van der Waals surface area (Å²) in [5.74, 6) is 0. The van der Waals surface area contributed by atoms with Crippen molar-refractivity contribution in [3.8, 4) is 0 Å². The van der Waals surface area contributed by atoms with Gasteiger partial charge in [-0.1, -0.05) is 32.6 Å². The average Bonchev–Trinajstić information content (AvgIpc) is 2.31. The summed E-state index contributed by atoms with van der Waals surface area (Å²) in [6.07, 6.45) is 7.67. The van der Waals surface area contributed by atoms with Crippen molar-refractivity contribution < 1.29 is 9.47 Å². The lowest BCUT2D eigenvalue weighted by atomic mass is 10.2. The normalized spacial score (nSPS) is 10.9. The monoisotopic (exact) mass is 231 g/mol. The molecule has 0 saturated carbocycles. The Hall–Kier alpha value is -0.120. The molecule has 0 aliphatic heterocycles. The van der Waals surface area contributed by atoms with Crippen LogP contribution in [0.15, 0.2) is 0 Å². The molecule has 0 aromatic carbocycles. The van der Waals surface area contributed by atoms with Gasteiger partial charge in [0.15, 0.2) is 0 Å². The van der Waals surface area contributed by atoms with Crippen LogP contribution in [0, 0.1) is 0 Å². The molecule has 1 N–H and O–H groups in total. The molecule has 0 radical (unpaired) electrons. The molecule has 0 unspecified atom stereocenters. The lowest BCUT2D eigenvalue weighted by Gasteiger charge is -2.05. The lowest BCUT2D eigenvalue weighted by molar-refractivity contribution is 0.126. The molecule has 0 heterocycles. The summed E-state index contributed by atoms with van der Waals surface area (Å²) in [6, 6.07) is 0. The molecular weight excluding hydrogens is 202 g/mol. The zero-order valence-electron chi connectivity index (χ0n) is 11.1. The molecule has 0 aromatic rings. The van der Waals surface area contributed by atoms with E-state index in [9.17, 15) is 0 Å². The topological polar surface area (TPSA) is 30.5 Å². The zero-order valence-corrected chi connectivity index (χ0v) is 11.1. The molecule has 98 valence electrons. The molecule has 0 aromatic heterocycles. The summed E-state index contributed by atoms with van der Waals surface area (Å²) in [5.41, 5.74) is 0. The van der Waals surface area contributed by atoms with Crippen LogP contribution in [0.1, 0.15) is 45.4 Å². The molecule has 0 saturated heterocycles. The minimum absolute atomic E-state index is 0.790. The molecule has 0 spiro atoms. The van der Waals surface area contributed by atoms with E-state index < -0.39 is 0 Å². The van der Waals surface area contributed by atoms with Gasteiger partial charge in [0.25, 0.3) is 0 Å². The minimum Gasteiger partial charge on any atom is -0.383 e. The Bertz CT molecular complexity index is 107. The van der Waals surface area contributed by atoms with Gasteiger partial charge in [-0.15, -0.1) is 0 Å². The van der Waals surface area contributed by atoms with E-state index in [1.54, 1.807) is 7.11 Å². The van der Waals surface area contributed by atoms with E-state index in [1.165, 1.54) is 32.1 Å². The summed E-state index contributed by atoms with van der Waals surface area (Å²) in [4.78, 5) is 0. The second kappa shape index (κ2) is 14.9. The summed E-state index contributed by atoms with van der Waals surface area (Å²) < 4.78 is 10.5. The van der Waals surface area contributed by atoms with Gasteiger partial charge in [0.05, 0.1) is 6.61 Å². The Kier molecular flexibility index (Phi) is 14.8. The molecule has 0 atom stereocenters. The number of hydrogen-bond acceptors (Lipinski definition) is 3. The van der Waals surface area contributed by atoms with E-state index in [2.05, 4.69) is 12.2 Å². The van der Waals surface area contributed by atoms with Crippen LogP contribution >= 0.6 is 0 Å². The SMILES string of the molecule is CCCCCCCOCCCNCCOC. The second-order valence-electron chi connectivity index (χ2n) is 4.12. The smallest absolute Gasteiger partial charge is 0.0587 e. The number of nitrogens with one attached hydrogen (secondary N) is 1. The largest absolute Gasteiger partial charge is 0.383 e. The first-order chi connectivity index (χ1) is 7.91. The molecule has 0 aliphatic carbocycles. The number of unbranched alkanes of at least 4 members (excludes halogenated alkanes) is 4. The fourth-order valence-corrected chi connectivity index (χ4v) is 1.51. The van der Waals surface area contributed by atoms with Gasteiger partial charge in [-0.2, -0.15) is 0 Å². The summed E-state index contributed by atoms with van der Waals surface area (Å²) in [7, 11) is 1.73. The van der Waals surface area contributed by atoms with Gasteiger partial charge in [-0.3, -0.25) is 0 Å². The number of hydrogen-bond donors (Lipinski definition) is 1. The maximum absolute atomic E-state index is 5.55. The summed E-state index contributed by atoms with van der Waals surface area (Å²) >= 11 is 0. The number of methoxy groups -OCH3 is 1. The van der Waals surface area contributed by atoms with E-state index in [-0.39, 0.29) is 0 Å². The predicted octanol–water partition coefficient (Wildman–Crippen LogP) is 2.60. The molecule has 3 nitrogen and oxygen atoms in total. The molecule has 0 fully saturated rings. The summed E-state index contributed by atoms with van der Waals surface area (Å²) in [5, 5.41) is 3.30. The molecule has 16 heavy (non-hydrogen) atoms. The highest BCUT2D eigenvalue weighted by Crippen LogP contribution is 2.02. The Morgan fingerprint density at radius 1 is 0.812 bits per heavy atom. The first-order valence-electron chi connectivity index (χ1n) is 6.69. The van der Waals surface area contributed by atoms with Gasteiger partial charge >= 0.3 is 0 Å².